The summed E-state index contributed by atoms with van der Waals surface area (Å²) in [5.74, 6) is 0. The van der Waals surface area contributed by atoms with Crippen molar-refractivity contribution in [3.8, 4) is 0 Å². The smallest absolute Gasteiger partial charge is 0.0807 e. The highest BCUT2D eigenvalue weighted by Crippen LogP contribution is 2.39. The molecule has 18 heavy (non-hydrogen) atoms. The van der Waals surface area contributed by atoms with Crippen LogP contribution in [0.5, 0.6) is 0 Å². The molecule has 2 aliphatic carbocycles. The minimum atomic E-state index is 0.0165. The SMILES string of the molecule is CC1(C)CCC(OC2(CN)CCCCCC2)CC1. The molecule has 0 unspecified atom stereocenters. The minimum Gasteiger partial charge on any atom is -0.370 e. The van der Waals surface area contributed by atoms with Crippen LogP contribution in [0.2, 0.25) is 0 Å². The zero-order valence-corrected chi connectivity index (χ0v) is 12.3. The van der Waals surface area contributed by atoms with Gasteiger partial charge in [0.25, 0.3) is 0 Å². The Bertz CT molecular complexity index is 244. The second-order valence-electron chi connectivity index (χ2n) is 7.28. The van der Waals surface area contributed by atoms with Crippen LogP contribution in [0.3, 0.4) is 0 Å². The lowest BCUT2D eigenvalue weighted by molar-refractivity contribution is -0.116. The topological polar surface area (TPSA) is 35.2 Å². The summed E-state index contributed by atoms with van der Waals surface area (Å²) in [6.45, 7) is 5.48. The molecule has 0 amide bonds. The molecule has 106 valence electrons. The Morgan fingerprint density at radius 1 is 0.944 bits per heavy atom. The fraction of sp³-hybridized carbons (Fsp3) is 1.00. The van der Waals surface area contributed by atoms with Crippen LogP contribution in [-0.4, -0.2) is 18.2 Å². The van der Waals surface area contributed by atoms with E-state index in [0.29, 0.717) is 18.1 Å². The lowest BCUT2D eigenvalue weighted by Crippen LogP contribution is -2.44. The fourth-order valence-corrected chi connectivity index (χ4v) is 3.59. The lowest BCUT2D eigenvalue weighted by atomic mass is 9.76. The lowest BCUT2D eigenvalue weighted by Gasteiger charge is -2.40. The van der Waals surface area contributed by atoms with Crippen molar-refractivity contribution in [1.29, 1.82) is 0 Å². The standard InChI is InChI=1S/C16H31NO/c1-15(2)11-7-14(8-12-15)18-16(13-17)9-5-3-4-6-10-16/h14H,3-13,17H2,1-2H3. The molecule has 2 heteroatoms. The molecule has 0 aromatic heterocycles. The molecule has 2 fully saturated rings. The van der Waals surface area contributed by atoms with Crippen molar-refractivity contribution in [2.45, 2.75) is 89.8 Å². The zero-order valence-electron chi connectivity index (χ0n) is 12.3. The second-order valence-corrected chi connectivity index (χ2v) is 7.28. The van der Waals surface area contributed by atoms with Crippen molar-refractivity contribution < 1.29 is 4.74 Å². The molecule has 2 N–H and O–H groups in total. The summed E-state index contributed by atoms with van der Waals surface area (Å²) in [6.07, 6.45) is 13.2. The van der Waals surface area contributed by atoms with Crippen molar-refractivity contribution in [1.82, 2.24) is 0 Å². The van der Waals surface area contributed by atoms with Gasteiger partial charge in [0.15, 0.2) is 0 Å². The van der Waals surface area contributed by atoms with E-state index in [1.807, 2.05) is 0 Å². The third kappa shape index (κ3) is 3.71. The first-order valence-electron chi connectivity index (χ1n) is 7.93. The highest BCUT2D eigenvalue weighted by atomic mass is 16.5. The summed E-state index contributed by atoms with van der Waals surface area (Å²) in [5.41, 5.74) is 6.60. The minimum absolute atomic E-state index is 0.0165. The Balaban J connectivity index is 1.90. The van der Waals surface area contributed by atoms with Gasteiger partial charge in [-0.1, -0.05) is 39.5 Å². The van der Waals surface area contributed by atoms with Gasteiger partial charge >= 0.3 is 0 Å². The highest BCUT2D eigenvalue weighted by Gasteiger charge is 2.35. The van der Waals surface area contributed by atoms with Crippen LogP contribution in [0, 0.1) is 5.41 Å². The number of rotatable bonds is 3. The molecule has 2 rings (SSSR count). The molecule has 0 atom stereocenters. The van der Waals surface area contributed by atoms with Gasteiger partial charge in [-0.2, -0.15) is 0 Å². The van der Waals surface area contributed by atoms with Gasteiger partial charge in [0.1, 0.15) is 0 Å². The third-order valence-corrected chi connectivity index (χ3v) is 5.09. The molecule has 2 aliphatic rings. The normalized spacial score (nSPS) is 28.8. The molecule has 2 nitrogen and oxygen atoms in total. The van der Waals surface area contributed by atoms with E-state index in [0.717, 1.165) is 0 Å². The Morgan fingerprint density at radius 3 is 2.00 bits per heavy atom. The van der Waals surface area contributed by atoms with Gasteiger partial charge in [0.2, 0.25) is 0 Å². The quantitative estimate of drug-likeness (QED) is 0.771. The van der Waals surface area contributed by atoms with Crippen molar-refractivity contribution in [3.05, 3.63) is 0 Å². The van der Waals surface area contributed by atoms with E-state index in [1.54, 1.807) is 0 Å². The summed E-state index contributed by atoms with van der Waals surface area (Å²) >= 11 is 0. The van der Waals surface area contributed by atoms with Gasteiger partial charge in [-0.3, -0.25) is 0 Å². The third-order valence-electron chi connectivity index (χ3n) is 5.09. The summed E-state index contributed by atoms with van der Waals surface area (Å²) < 4.78 is 6.52. The molecule has 0 aromatic rings. The second kappa shape index (κ2) is 5.92. The molecule has 0 aliphatic heterocycles. The Labute approximate surface area is 113 Å². The molecule has 0 heterocycles. The molecule has 0 radical (unpaired) electrons. The molecular weight excluding hydrogens is 222 g/mol. The summed E-state index contributed by atoms with van der Waals surface area (Å²) in [4.78, 5) is 0. The van der Waals surface area contributed by atoms with E-state index in [9.17, 15) is 0 Å². The summed E-state index contributed by atoms with van der Waals surface area (Å²) in [6, 6.07) is 0. The van der Waals surface area contributed by atoms with Crippen LogP contribution < -0.4 is 5.73 Å². The maximum absolute atomic E-state index is 6.52. The van der Waals surface area contributed by atoms with Crippen LogP contribution >= 0.6 is 0 Å². The Kier molecular flexibility index (Phi) is 4.71. The van der Waals surface area contributed by atoms with Gasteiger partial charge in [-0.25, -0.2) is 0 Å². The van der Waals surface area contributed by atoms with E-state index in [-0.39, 0.29) is 5.60 Å². The number of hydrogen-bond acceptors (Lipinski definition) is 2. The largest absolute Gasteiger partial charge is 0.370 e. The first-order chi connectivity index (χ1) is 8.55. The van der Waals surface area contributed by atoms with Crippen LogP contribution in [-0.2, 0) is 4.74 Å². The average molecular weight is 253 g/mol. The molecule has 0 aromatic carbocycles. The molecule has 0 saturated heterocycles. The maximum Gasteiger partial charge on any atom is 0.0807 e. The number of ether oxygens (including phenoxy) is 1. The van der Waals surface area contributed by atoms with Crippen molar-refractivity contribution in [2.24, 2.45) is 11.1 Å². The molecular formula is C16H31NO. The van der Waals surface area contributed by atoms with Crippen molar-refractivity contribution >= 4 is 0 Å². The molecule has 0 bridgehead atoms. The van der Waals surface area contributed by atoms with E-state index in [1.165, 1.54) is 64.2 Å². The van der Waals surface area contributed by atoms with Gasteiger partial charge < -0.3 is 10.5 Å². The van der Waals surface area contributed by atoms with E-state index >= 15 is 0 Å². The number of hydrogen-bond donors (Lipinski definition) is 1. The highest BCUT2D eigenvalue weighted by molar-refractivity contribution is 4.88. The molecule has 2 saturated carbocycles. The molecule has 0 spiro atoms. The first-order valence-corrected chi connectivity index (χ1v) is 7.93. The van der Waals surface area contributed by atoms with Gasteiger partial charge in [0, 0.05) is 6.54 Å². The maximum atomic E-state index is 6.52. The Hall–Kier alpha value is -0.0800. The van der Waals surface area contributed by atoms with Gasteiger partial charge in [-0.15, -0.1) is 0 Å². The predicted octanol–water partition coefficient (Wildman–Crippen LogP) is 4.02. The van der Waals surface area contributed by atoms with Gasteiger partial charge in [-0.05, 0) is 43.9 Å². The summed E-state index contributed by atoms with van der Waals surface area (Å²) in [5, 5.41) is 0. The number of nitrogens with two attached hydrogens (primary N) is 1. The van der Waals surface area contributed by atoms with Crippen LogP contribution in [0.4, 0.5) is 0 Å². The van der Waals surface area contributed by atoms with Crippen molar-refractivity contribution in [3.63, 3.8) is 0 Å². The predicted molar refractivity (Wildman–Crippen MR) is 76.6 cm³/mol. The van der Waals surface area contributed by atoms with E-state index in [2.05, 4.69) is 13.8 Å². The summed E-state index contributed by atoms with van der Waals surface area (Å²) in [7, 11) is 0. The van der Waals surface area contributed by atoms with Gasteiger partial charge in [0.05, 0.1) is 11.7 Å². The van der Waals surface area contributed by atoms with E-state index in [4.69, 9.17) is 10.5 Å². The van der Waals surface area contributed by atoms with Crippen molar-refractivity contribution in [2.75, 3.05) is 6.54 Å². The van der Waals surface area contributed by atoms with Crippen LogP contribution in [0.25, 0.3) is 0 Å². The first kappa shape index (κ1) is 14.3. The average Bonchev–Trinajstić information content (AvgIpc) is 2.58. The van der Waals surface area contributed by atoms with Crippen LogP contribution in [0.15, 0.2) is 0 Å². The Morgan fingerprint density at radius 2 is 1.50 bits per heavy atom. The zero-order chi connectivity index (χ0) is 13.1. The monoisotopic (exact) mass is 253 g/mol. The fourth-order valence-electron chi connectivity index (χ4n) is 3.59. The van der Waals surface area contributed by atoms with E-state index < -0.39 is 0 Å². The van der Waals surface area contributed by atoms with Crippen LogP contribution in [0.1, 0.15) is 78.1 Å².